The Hall–Kier alpha value is -0.380. The Morgan fingerprint density at radius 3 is 1.64 bits per heavy atom. The monoisotopic (exact) mass is 219 g/mol. The normalized spacial score (nSPS) is 17.4. The Labute approximate surface area is 87.5 Å². The molecule has 14 heavy (non-hydrogen) atoms. The van der Waals surface area contributed by atoms with Crippen LogP contribution in [-0.4, -0.2) is 21.1 Å². The molecule has 0 saturated heterocycles. The topological polar surface area (TPSA) is 46.5 Å². The van der Waals surface area contributed by atoms with Crippen LogP contribution >= 0.6 is 0 Å². The van der Waals surface area contributed by atoms with Gasteiger partial charge in [-0.05, 0) is 20.8 Å². The van der Waals surface area contributed by atoms with Crippen molar-refractivity contribution in [3.63, 3.8) is 0 Å². The lowest BCUT2D eigenvalue weighted by atomic mass is 9.96. The molecular formula is C10H21NO2S. The summed E-state index contributed by atoms with van der Waals surface area (Å²) in [6, 6.07) is 0. The molecule has 1 unspecified atom stereocenters. The second-order valence-corrected chi connectivity index (χ2v) is 8.57. The minimum Gasteiger partial charge on any atom is -0.271 e. The van der Waals surface area contributed by atoms with Gasteiger partial charge in [-0.25, -0.2) is 4.21 Å². The number of nitrogens with zero attached hydrogens (tertiary/aromatic N) is 1. The molecule has 0 heterocycles. The third kappa shape index (κ3) is 3.40. The molecule has 1 atom stereocenters. The first kappa shape index (κ1) is 13.6. The molecule has 0 rings (SSSR count). The Morgan fingerprint density at radius 1 is 1.07 bits per heavy atom. The summed E-state index contributed by atoms with van der Waals surface area (Å²) in [5.41, 5.74) is -0.552. The van der Waals surface area contributed by atoms with E-state index >= 15 is 0 Å². The fraction of sp³-hybridized carbons (Fsp3) is 0.900. The van der Waals surface area contributed by atoms with Gasteiger partial charge in [0.05, 0.1) is 9.73 Å². The highest BCUT2D eigenvalue weighted by molar-refractivity contribution is 7.94. The summed E-state index contributed by atoms with van der Waals surface area (Å²) in [6.45, 7) is 10.8. The van der Waals surface area contributed by atoms with E-state index < -0.39 is 19.9 Å². The van der Waals surface area contributed by atoms with E-state index in [9.17, 15) is 9.00 Å². The molecule has 0 N–H and O–H groups in total. The highest BCUT2D eigenvalue weighted by Crippen LogP contribution is 2.21. The van der Waals surface area contributed by atoms with Gasteiger partial charge in [0.15, 0.2) is 0 Å². The van der Waals surface area contributed by atoms with Gasteiger partial charge in [-0.1, -0.05) is 20.8 Å². The van der Waals surface area contributed by atoms with Crippen molar-refractivity contribution >= 4 is 15.6 Å². The van der Waals surface area contributed by atoms with E-state index in [1.807, 2.05) is 20.8 Å². The van der Waals surface area contributed by atoms with Gasteiger partial charge >= 0.3 is 0 Å². The molecule has 1 amide bonds. The van der Waals surface area contributed by atoms with E-state index in [1.165, 1.54) is 6.26 Å². The minimum atomic E-state index is -2.45. The Morgan fingerprint density at radius 2 is 1.43 bits per heavy atom. The predicted molar refractivity (Wildman–Crippen MR) is 60.7 cm³/mol. The summed E-state index contributed by atoms with van der Waals surface area (Å²) >= 11 is 0. The summed E-state index contributed by atoms with van der Waals surface area (Å²) in [6.07, 6.45) is 1.54. The molecule has 0 aliphatic heterocycles. The van der Waals surface area contributed by atoms with E-state index in [0.29, 0.717) is 0 Å². The van der Waals surface area contributed by atoms with Crippen molar-refractivity contribution in [1.82, 2.24) is 0 Å². The quantitative estimate of drug-likeness (QED) is 0.628. The van der Waals surface area contributed by atoms with Crippen molar-refractivity contribution in [3.8, 4) is 0 Å². The summed E-state index contributed by atoms with van der Waals surface area (Å²) in [5, 5.41) is 0. The predicted octanol–water partition coefficient (Wildman–Crippen LogP) is 2.46. The average molecular weight is 219 g/mol. The molecule has 0 saturated carbocycles. The van der Waals surface area contributed by atoms with Gasteiger partial charge in [0, 0.05) is 16.4 Å². The van der Waals surface area contributed by atoms with Crippen LogP contribution in [0.1, 0.15) is 41.5 Å². The molecule has 0 radical (unpaired) electrons. The van der Waals surface area contributed by atoms with Crippen LogP contribution in [0.4, 0.5) is 0 Å². The molecule has 84 valence electrons. The lowest BCUT2D eigenvalue weighted by Crippen LogP contribution is -2.29. The van der Waals surface area contributed by atoms with Crippen molar-refractivity contribution < 1.29 is 9.00 Å². The Bertz CT molecular complexity index is 336. The highest BCUT2D eigenvalue weighted by Gasteiger charge is 2.27. The van der Waals surface area contributed by atoms with E-state index in [0.717, 1.165) is 0 Å². The summed E-state index contributed by atoms with van der Waals surface area (Å²) < 4.78 is 15.5. The van der Waals surface area contributed by atoms with Gasteiger partial charge < -0.3 is 0 Å². The minimum absolute atomic E-state index is 0.292. The Kier molecular flexibility index (Phi) is 3.55. The van der Waals surface area contributed by atoms with Crippen LogP contribution in [0.15, 0.2) is 4.36 Å². The zero-order valence-corrected chi connectivity index (χ0v) is 11.0. The van der Waals surface area contributed by atoms with Crippen LogP contribution in [0, 0.1) is 5.41 Å². The van der Waals surface area contributed by atoms with Gasteiger partial charge in [-0.2, -0.15) is 4.36 Å². The lowest BCUT2D eigenvalue weighted by Gasteiger charge is -2.22. The second-order valence-electron chi connectivity index (χ2n) is 5.56. The molecule has 0 aromatic carbocycles. The second kappa shape index (κ2) is 3.65. The number of hydrogen-bond acceptors (Lipinski definition) is 2. The van der Waals surface area contributed by atoms with E-state index in [4.69, 9.17) is 0 Å². The van der Waals surface area contributed by atoms with Gasteiger partial charge in [-0.15, -0.1) is 0 Å². The number of hydrogen-bond donors (Lipinski definition) is 0. The van der Waals surface area contributed by atoms with Crippen molar-refractivity contribution in [1.29, 1.82) is 0 Å². The summed E-state index contributed by atoms with van der Waals surface area (Å²) in [5.74, 6) is -0.292. The van der Waals surface area contributed by atoms with Crippen LogP contribution in [0.2, 0.25) is 0 Å². The summed E-state index contributed by atoms with van der Waals surface area (Å²) in [7, 11) is -2.45. The van der Waals surface area contributed by atoms with Crippen LogP contribution in [0.3, 0.4) is 0 Å². The highest BCUT2D eigenvalue weighted by atomic mass is 32.2. The van der Waals surface area contributed by atoms with Crippen LogP contribution < -0.4 is 0 Å². The van der Waals surface area contributed by atoms with Crippen LogP contribution in [0.25, 0.3) is 0 Å². The molecule has 0 aromatic heterocycles. The molecule has 0 aromatic rings. The molecular weight excluding hydrogens is 198 g/mol. The number of carbonyl (C=O) groups excluding carboxylic acids is 1. The van der Waals surface area contributed by atoms with Gasteiger partial charge in [0.25, 0.3) is 5.91 Å². The molecule has 0 bridgehead atoms. The standard InChI is InChI=1S/C10H21NO2S/c1-9(2,3)8(12)11-14(7,13)10(4,5)6/h1-7H3. The molecule has 3 nitrogen and oxygen atoms in total. The number of amides is 1. The molecule has 4 heteroatoms. The molecule has 0 spiro atoms. The first-order valence-electron chi connectivity index (χ1n) is 4.64. The number of carbonyl (C=O) groups is 1. The lowest BCUT2D eigenvalue weighted by molar-refractivity contribution is -0.124. The molecule has 0 aliphatic carbocycles. The fourth-order valence-corrected chi connectivity index (χ4v) is 1.30. The Balaban J connectivity index is 5.25. The van der Waals surface area contributed by atoms with Crippen molar-refractivity contribution in [3.05, 3.63) is 0 Å². The van der Waals surface area contributed by atoms with Gasteiger partial charge in [0.2, 0.25) is 0 Å². The van der Waals surface area contributed by atoms with E-state index in [2.05, 4.69) is 4.36 Å². The maximum atomic E-state index is 12.1. The first-order chi connectivity index (χ1) is 5.88. The van der Waals surface area contributed by atoms with Crippen molar-refractivity contribution in [2.45, 2.75) is 46.3 Å². The van der Waals surface area contributed by atoms with Gasteiger partial charge in [-0.3, -0.25) is 4.79 Å². The number of rotatable bonds is 0. The molecule has 0 aliphatic rings. The maximum Gasteiger partial charge on any atom is 0.259 e. The van der Waals surface area contributed by atoms with E-state index in [1.54, 1.807) is 20.8 Å². The SMILES string of the molecule is CC(C)(C)C(=O)N=S(C)(=O)C(C)(C)C. The average Bonchev–Trinajstić information content (AvgIpc) is 1.80. The zero-order chi connectivity index (χ0) is 11.8. The third-order valence-electron chi connectivity index (χ3n) is 2.03. The smallest absolute Gasteiger partial charge is 0.259 e. The van der Waals surface area contributed by atoms with Crippen LogP contribution in [0.5, 0.6) is 0 Å². The van der Waals surface area contributed by atoms with Crippen molar-refractivity contribution in [2.75, 3.05) is 6.26 Å². The largest absolute Gasteiger partial charge is 0.271 e. The molecule has 0 fully saturated rings. The summed E-state index contributed by atoms with van der Waals surface area (Å²) in [4.78, 5) is 11.6. The van der Waals surface area contributed by atoms with Crippen molar-refractivity contribution in [2.24, 2.45) is 9.78 Å². The first-order valence-corrected chi connectivity index (χ1v) is 6.56. The maximum absolute atomic E-state index is 12.1. The third-order valence-corrected chi connectivity index (χ3v) is 4.82. The van der Waals surface area contributed by atoms with E-state index in [-0.39, 0.29) is 5.91 Å². The van der Waals surface area contributed by atoms with Crippen LogP contribution in [-0.2, 0) is 14.5 Å². The van der Waals surface area contributed by atoms with Gasteiger partial charge in [0.1, 0.15) is 0 Å². The fourth-order valence-electron chi connectivity index (χ4n) is 0.432. The zero-order valence-electron chi connectivity index (χ0n) is 10.2.